The van der Waals surface area contributed by atoms with Gasteiger partial charge in [0.25, 0.3) is 5.85 Å². The molecule has 4 nitrogen and oxygen atoms in total. The molecule has 0 bridgehead atoms. The molecule has 160 valence electrons. The second-order valence-corrected chi connectivity index (χ2v) is 8.94. The smallest absolute Gasteiger partial charge is 0.270 e. The van der Waals surface area contributed by atoms with Crippen molar-refractivity contribution in [2.24, 2.45) is 11.0 Å². The van der Waals surface area contributed by atoms with Crippen molar-refractivity contribution < 1.29 is 4.74 Å². The SMILES string of the molecule is Clc1ccc([C@]23OC[C@@H]4CC=CC[C@@H]4N2C(c2ccccc2)=NN3c2ccccc2)cc1. The lowest BCUT2D eigenvalue weighted by Gasteiger charge is -2.53. The molecule has 3 atom stereocenters. The Morgan fingerprint density at radius 2 is 1.53 bits per heavy atom. The maximum Gasteiger partial charge on any atom is 0.270 e. The maximum atomic E-state index is 6.86. The first kappa shape index (κ1) is 19.6. The van der Waals surface area contributed by atoms with E-state index in [4.69, 9.17) is 21.4 Å². The summed E-state index contributed by atoms with van der Waals surface area (Å²) in [5.41, 5.74) is 3.10. The Kier molecular flexibility index (Phi) is 4.78. The minimum absolute atomic E-state index is 0.289. The van der Waals surface area contributed by atoms with Crippen LogP contribution in [0.2, 0.25) is 5.02 Å². The van der Waals surface area contributed by atoms with E-state index in [-0.39, 0.29) is 6.04 Å². The van der Waals surface area contributed by atoms with Gasteiger partial charge in [-0.3, -0.25) is 4.90 Å². The standard InChI is InChI=1S/C27H24ClN3O/c28-23-17-15-22(16-18-23)27-30(25-14-8-7-11-21(25)19-32-27)26(20-9-3-1-4-10-20)29-31(27)24-12-5-2-6-13-24/h1-10,12-13,15-18,21,25H,11,14,19H2/t21-,25-,27-/m0/s1. The van der Waals surface area contributed by atoms with Gasteiger partial charge in [-0.1, -0.05) is 84.4 Å². The van der Waals surface area contributed by atoms with Crippen LogP contribution >= 0.6 is 11.6 Å². The number of ether oxygens (including phenoxy) is 1. The number of fused-ring (bicyclic) bond motifs is 3. The average Bonchev–Trinajstić information content (AvgIpc) is 3.22. The molecule has 0 saturated carbocycles. The van der Waals surface area contributed by atoms with Crippen LogP contribution in [-0.2, 0) is 10.6 Å². The summed E-state index contributed by atoms with van der Waals surface area (Å²) in [6.07, 6.45) is 6.57. The lowest BCUT2D eigenvalue weighted by molar-refractivity contribution is -0.197. The summed E-state index contributed by atoms with van der Waals surface area (Å²) in [6.45, 7) is 0.676. The Morgan fingerprint density at radius 3 is 2.28 bits per heavy atom. The van der Waals surface area contributed by atoms with Gasteiger partial charge in [-0.2, -0.15) is 0 Å². The fourth-order valence-corrected chi connectivity index (χ4v) is 5.27. The number of hydrogen-bond donors (Lipinski definition) is 0. The van der Waals surface area contributed by atoms with Gasteiger partial charge in [0.2, 0.25) is 0 Å². The molecule has 0 N–H and O–H groups in total. The molecule has 0 amide bonds. The molecule has 0 radical (unpaired) electrons. The number of hydrazone groups is 1. The van der Waals surface area contributed by atoms with Gasteiger partial charge in [0.05, 0.1) is 12.3 Å². The summed E-state index contributed by atoms with van der Waals surface area (Å²) in [7, 11) is 0. The van der Waals surface area contributed by atoms with Gasteiger partial charge in [0.1, 0.15) is 0 Å². The molecule has 0 spiro atoms. The highest BCUT2D eigenvalue weighted by Gasteiger charge is 2.59. The van der Waals surface area contributed by atoms with Gasteiger partial charge in [-0.15, -0.1) is 5.10 Å². The Hall–Kier alpha value is -3.08. The molecule has 6 rings (SSSR count). The quantitative estimate of drug-likeness (QED) is 0.466. The van der Waals surface area contributed by atoms with E-state index in [0.717, 1.165) is 35.5 Å². The van der Waals surface area contributed by atoms with Crippen LogP contribution < -0.4 is 5.01 Å². The number of benzene rings is 3. The normalized spacial score (nSPS) is 26.5. The Bertz CT molecular complexity index is 1160. The highest BCUT2D eigenvalue weighted by Crippen LogP contribution is 2.50. The Morgan fingerprint density at radius 1 is 0.844 bits per heavy atom. The van der Waals surface area contributed by atoms with Gasteiger partial charge >= 0.3 is 0 Å². The van der Waals surface area contributed by atoms with Crippen molar-refractivity contribution >= 4 is 23.1 Å². The number of para-hydroxylation sites is 1. The van der Waals surface area contributed by atoms with E-state index in [1.54, 1.807) is 0 Å². The summed E-state index contributed by atoms with van der Waals surface area (Å²) in [5.74, 6) is 0.489. The molecule has 3 aliphatic rings. The molecule has 1 aliphatic carbocycles. The topological polar surface area (TPSA) is 28.1 Å². The monoisotopic (exact) mass is 441 g/mol. The van der Waals surface area contributed by atoms with Crippen molar-refractivity contribution in [3.05, 3.63) is 113 Å². The van der Waals surface area contributed by atoms with Crippen molar-refractivity contribution in [3.8, 4) is 0 Å². The number of halogens is 1. The van der Waals surface area contributed by atoms with Gasteiger partial charge in [0.15, 0.2) is 5.84 Å². The fourth-order valence-electron chi connectivity index (χ4n) is 5.14. The zero-order valence-electron chi connectivity index (χ0n) is 17.6. The van der Waals surface area contributed by atoms with Crippen molar-refractivity contribution in [1.29, 1.82) is 0 Å². The van der Waals surface area contributed by atoms with E-state index in [9.17, 15) is 0 Å². The molecular weight excluding hydrogens is 418 g/mol. The van der Waals surface area contributed by atoms with Crippen LogP contribution in [0.5, 0.6) is 0 Å². The van der Waals surface area contributed by atoms with Crippen molar-refractivity contribution in [3.63, 3.8) is 0 Å². The van der Waals surface area contributed by atoms with E-state index >= 15 is 0 Å². The number of hydrogen-bond acceptors (Lipinski definition) is 4. The zero-order valence-corrected chi connectivity index (χ0v) is 18.4. The third-order valence-electron chi connectivity index (χ3n) is 6.65. The number of amidine groups is 1. The predicted octanol–water partition coefficient (Wildman–Crippen LogP) is 6.00. The predicted molar refractivity (Wildman–Crippen MR) is 128 cm³/mol. The van der Waals surface area contributed by atoms with E-state index in [0.29, 0.717) is 17.5 Å². The Balaban J connectivity index is 1.60. The van der Waals surface area contributed by atoms with Crippen molar-refractivity contribution in [1.82, 2.24) is 4.90 Å². The van der Waals surface area contributed by atoms with Gasteiger partial charge in [-0.05, 0) is 37.1 Å². The molecule has 1 saturated heterocycles. The van der Waals surface area contributed by atoms with E-state index in [1.165, 1.54) is 0 Å². The van der Waals surface area contributed by atoms with E-state index in [2.05, 4.69) is 65.6 Å². The summed E-state index contributed by atoms with van der Waals surface area (Å²) in [5, 5.41) is 7.99. The van der Waals surface area contributed by atoms with Crippen LogP contribution in [0.4, 0.5) is 5.69 Å². The molecule has 2 aliphatic heterocycles. The summed E-state index contributed by atoms with van der Waals surface area (Å²) >= 11 is 6.27. The lowest BCUT2D eigenvalue weighted by atomic mass is 9.85. The van der Waals surface area contributed by atoms with Crippen LogP contribution in [0.1, 0.15) is 24.0 Å². The molecule has 0 unspecified atom stereocenters. The third kappa shape index (κ3) is 2.98. The highest BCUT2D eigenvalue weighted by atomic mass is 35.5. The van der Waals surface area contributed by atoms with Crippen LogP contribution in [-0.4, -0.2) is 23.4 Å². The molecule has 2 heterocycles. The first-order chi connectivity index (χ1) is 15.8. The molecule has 3 aromatic carbocycles. The van der Waals surface area contributed by atoms with Crippen LogP contribution in [0.15, 0.2) is 102 Å². The van der Waals surface area contributed by atoms with E-state index < -0.39 is 5.85 Å². The summed E-state index contributed by atoms with van der Waals surface area (Å²) < 4.78 is 6.86. The van der Waals surface area contributed by atoms with Gasteiger partial charge in [-0.25, -0.2) is 5.01 Å². The minimum Gasteiger partial charge on any atom is -0.332 e. The van der Waals surface area contributed by atoms with Crippen LogP contribution in [0.3, 0.4) is 0 Å². The maximum absolute atomic E-state index is 6.86. The molecule has 5 heteroatoms. The third-order valence-corrected chi connectivity index (χ3v) is 6.90. The first-order valence-electron chi connectivity index (χ1n) is 11.1. The second kappa shape index (κ2) is 7.80. The highest BCUT2D eigenvalue weighted by molar-refractivity contribution is 6.30. The molecule has 32 heavy (non-hydrogen) atoms. The average molecular weight is 442 g/mol. The van der Waals surface area contributed by atoms with Gasteiger partial charge < -0.3 is 4.74 Å². The first-order valence-corrected chi connectivity index (χ1v) is 11.5. The lowest BCUT2D eigenvalue weighted by Crippen LogP contribution is -2.64. The minimum atomic E-state index is -0.872. The molecular formula is C27H24ClN3O. The number of allylic oxidation sites excluding steroid dienone is 1. The number of rotatable bonds is 3. The number of anilines is 1. The molecule has 3 aromatic rings. The zero-order chi connectivity index (χ0) is 21.5. The second-order valence-electron chi connectivity index (χ2n) is 8.50. The number of nitrogens with zero attached hydrogens (tertiary/aromatic N) is 3. The van der Waals surface area contributed by atoms with Crippen LogP contribution in [0.25, 0.3) is 0 Å². The van der Waals surface area contributed by atoms with Crippen LogP contribution in [0, 0.1) is 5.92 Å². The molecule has 0 aromatic heterocycles. The summed E-state index contributed by atoms with van der Waals surface area (Å²) in [4.78, 5) is 2.41. The Labute approximate surface area is 193 Å². The van der Waals surface area contributed by atoms with Crippen molar-refractivity contribution in [2.75, 3.05) is 11.6 Å². The molecule has 1 fully saturated rings. The van der Waals surface area contributed by atoms with Crippen molar-refractivity contribution in [2.45, 2.75) is 24.7 Å². The summed E-state index contributed by atoms with van der Waals surface area (Å²) in [6, 6.07) is 29.0. The fraction of sp³-hybridized carbons (Fsp3) is 0.222. The van der Waals surface area contributed by atoms with Gasteiger partial charge in [0, 0.05) is 28.1 Å². The van der Waals surface area contributed by atoms with E-state index in [1.807, 2.05) is 41.4 Å². The largest absolute Gasteiger partial charge is 0.332 e.